The van der Waals surface area contributed by atoms with Gasteiger partial charge in [0.2, 0.25) is 5.75 Å². The number of benzene rings is 1. The number of hydrogen-bond donors (Lipinski definition) is 1. The van der Waals surface area contributed by atoms with Crippen LogP contribution < -0.4 is 9.47 Å². The Morgan fingerprint density at radius 1 is 1.27 bits per heavy atom. The van der Waals surface area contributed by atoms with E-state index in [1.54, 1.807) is 12.1 Å². The van der Waals surface area contributed by atoms with Crippen molar-refractivity contribution in [1.29, 1.82) is 0 Å². The molecule has 1 aromatic carbocycles. The molecule has 82 valence electrons. The molecular formula is C10H12O5. The monoisotopic (exact) mass is 212 g/mol. The van der Waals surface area contributed by atoms with Gasteiger partial charge in [-0.1, -0.05) is 0 Å². The topological polar surface area (TPSA) is 65.0 Å². The molecule has 0 heterocycles. The Hall–Kier alpha value is -1.91. The number of rotatable bonds is 5. The maximum atomic E-state index is 10.0. The molecule has 0 atom stereocenters. The quantitative estimate of drug-likeness (QED) is 0.740. The molecule has 0 aliphatic carbocycles. The minimum atomic E-state index is -0.0742. The lowest BCUT2D eigenvalue weighted by Crippen LogP contribution is -1.95. The molecule has 0 fully saturated rings. The molecule has 15 heavy (non-hydrogen) atoms. The minimum Gasteiger partial charge on any atom is -0.502 e. The van der Waals surface area contributed by atoms with Crippen molar-refractivity contribution < 1.29 is 24.1 Å². The van der Waals surface area contributed by atoms with E-state index in [4.69, 9.17) is 9.47 Å². The van der Waals surface area contributed by atoms with Crippen molar-refractivity contribution in [3.8, 4) is 17.2 Å². The molecule has 0 spiro atoms. The molecule has 5 heteroatoms. The Labute approximate surface area is 87.2 Å². The van der Waals surface area contributed by atoms with E-state index >= 15 is 0 Å². The fourth-order valence-corrected chi connectivity index (χ4v) is 1.16. The Kier molecular flexibility index (Phi) is 3.79. The fraction of sp³-hybridized carbons (Fsp3) is 0.300. The lowest BCUT2D eigenvalue weighted by Gasteiger charge is -2.10. The summed E-state index contributed by atoms with van der Waals surface area (Å²) in [6, 6.07) is 3.14. The highest BCUT2D eigenvalue weighted by atomic mass is 16.5. The number of hydrogen-bond acceptors (Lipinski definition) is 5. The second-order valence-corrected chi connectivity index (χ2v) is 2.76. The van der Waals surface area contributed by atoms with Gasteiger partial charge in [0.15, 0.2) is 11.5 Å². The number of carbonyl (C=O) groups is 1. The number of aromatic hydroxyl groups is 1. The van der Waals surface area contributed by atoms with E-state index in [9.17, 15) is 9.90 Å². The molecule has 0 amide bonds. The second-order valence-electron chi connectivity index (χ2n) is 2.76. The van der Waals surface area contributed by atoms with Gasteiger partial charge >= 0.3 is 0 Å². The molecule has 0 saturated heterocycles. The van der Waals surface area contributed by atoms with Crippen LogP contribution in [0.2, 0.25) is 0 Å². The third-order valence-electron chi connectivity index (χ3n) is 1.86. The molecule has 0 unspecified atom stereocenters. The fourth-order valence-electron chi connectivity index (χ4n) is 1.16. The van der Waals surface area contributed by atoms with Crippen molar-refractivity contribution in [3.05, 3.63) is 17.7 Å². The molecule has 0 saturated carbocycles. The van der Waals surface area contributed by atoms with Crippen LogP contribution in [0, 0.1) is 0 Å². The van der Waals surface area contributed by atoms with Gasteiger partial charge in [0.25, 0.3) is 6.47 Å². The Morgan fingerprint density at radius 3 is 2.20 bits per heavy atom. The first-order valence-electron chi connectivity index (χ1n) is 4.22. The van der Waals surface area contributed by atoms with Crippen LogP contribution in [0.5, 0.6) is 17.2 Å². The third-order valence-corrected chi connectivity index (χ3v) is 1.86. The SMILES string of the molecule is COc1cc(COC=O)cc(OC)c1O. The second kappa shape index (κ2) is 5.09. The van der Waals surface area contributed by atoms with Gasteiger partial charge in [-0.05, 0) is 17.7 Å². The van der Waals surface area contributed by atoms with Crippen LogP contribution in [-0.4, -0.2) is 25.8 Å². The van der Waals surface area contributed by atoms with Crippen LogP contribution in [0.25, 0.3) is 0 Å². The largest absolute Gasteiger partial charge is 0.502 e. The summed E-state index contributed by atoms with van der Waals surface area (Å²) < 4.78 is 14.5. The number of carbonyl (C=O) groups excluding carboxylic acids is 1. The summed E-state index contributed by atoms with van der Waals surface area (Å²) >= 11 is 0. The zero-order chi connectivity index (χ0) is 11.3. The van der Waals surface area contributed by atoms with Crippen LogP contribution in [0.3, 0.4) is 0 Å². The van der Waals surface area contributed by atoms with Crippen molar-refractivity contribution in [2.24, 2.45) is 0 Å². The number of methoxy groups -OCH3 is 2. The van der Waals surface area contributed by atoms with Gasteiger partial charge in [0, 0.05) is 0 Å². The average Bonchev–Trinajstić information content (AvgIpc) is 2.27. The van der Waals surface area contributed by atoms with Crippen LogP contribution in [0.15, 0.2) is 12.1 Å². The van der Waals surface area contributed by atoms with E-state index in [0.29, 0.717) is 12.0 Å². The van der Waals surface area contributed by atoms with E-state index in [1.165, 1.54) is 14.2 Å². The van der Waals surface area contributed by atoms with Gasteiger partial charge in [-0.2, -0.15) is 0 Å². The summed E-state index contributed by atoms with van der Waals surface area (Å²) in [5.74, 6) is 0.479. The maximum Gasteiger partial charge on any atom is 0.293 e. The summed E-state index contributed by atoms with van der Waals surface area (Å²) in [5, 5.41) is 9.58. The van der Waals surface area contributed by atoms with Crippen LogP contribution in [0.1, 0.15) is 5.56 Å². The van der Waals surface area contributed by atoms with E-state index in [1.807, 2.05) is 0 Å². The molecule has 0 aliphatic heterocycles. The molecule has 0 bridgehead atoms. The molecular weight excluding hydrogens is 200 g/mol. The van der Waals surface area contributed by atoms with Gasteiger partial charge < -0.3 is 19.3 Å². The summed E-state index contributed by atoms with van der Waals surface area (Å²) in [6.45, 7) is 0.461. The predicted molar refractivity (Wildman–Crippen MR) is 52.1 cm³/mol. The van der Waals surface area contributed by atoms with Crippen LogP contribution in [0.4, 0.5) is 0 Å². The zero-order valence-corrected chi connectivity index (χ0v) is 8.52. The van der Waals surface area contributed by atoms with Crippen molar-refractivity contribution in [1.82, 2.24) is 0 Å². The van der Waals surface area contributed by atoms with Crippen molar-refractivity contribution in [2.45, 2.75) is 6.61 Å². The summed E-state index contributed by atoms with van der Waals surface area (Å²) in [4.78, 5) is 10.0. The first-order chi connectivity index (χ1) is 7.22. The average molecular weight is 212 g/mol. The smallest absolute Gasteiger partial charge is 0.293 e. The lowest BCUT2D eigenvalue weighted by atomic mass is 10.2. The minimum absolute atomic E-state index is 0.0742. The molecule has 0 aliphatic rings. The highest BCUT2D eigenvalue weighted by Gasteiger charge is 2.10. The first-order valence-corrected chi connectivity index (χ1v) is 4.22. The molecule has 1 aromatic rings. The van der Waals surface area contributed by atoms with Crippen LogP contribution >= 0.6 is 0 Å². The summed E-state index contributed by atoms with van der Waals surface area (Å²) in [7, 11) is 2.86. The summed E-state index contributed by atoms with van der Waals surface area (Å²) in [6.07, 6.45) is 0. The zero-order valence-electron chi connectivity index (χ0n) is 8.52. The van der Waals surface area contributed by atoms with Crippen molar-refractivity contribution in [2.75, 3.05) is 14.2 Å². The van der Waals surface area contributed by atoms with Crippen molar-refractivity contribution >= 4 is 6.47 Å². The van der Waals surface area contributed by atoms with E-state index in [-0.39, 0.29) is 23.9 Å². The summed E-state index contributed by atoms with van der Waals surface area (Å²) in [5.41, 5.74) is 0.675. The lowest BCUT2D eigenvalue weighted by molar-refractivity contribution is -0.129. The standard InChI is InChI=1S/C10H12O5/c1-13-8-3-7(5-15-6-11)4-9(14-2)10(8)12/h3-4,6,12H,5H2,1-2H3. The van der Waals surface area contributed by atoms with Gasteiger partial charge in [-0.15, -0.1) is 0 Å². The molecule has 0 radical (unpaired) electrons. The van der Waals surface area contributed by atoms with Crippen molar-refractivity contribution in [3.63, 3.8) is 0 Å². The number of phenols is 1. The normalized spacial score (nSPS) is 9.47. The highest BCUT2D eigenvalue weighted by molar-refractivity contribution is 5.52. The Bertz CT molecular complexity index is 323. The number of phenolic OH excluding ortho intramolecular Hbond substituents is 1. The third kappa shape index (κ3) is 2.52. The molecule has 1 N–H and O–H groups in total. The Balaban J connectivity index is 3.03. The van der Waals surface area contributed by atoms with Gasteiger partial charge in [0.05, 0.1) is 14.2 Å². The predicted octanol–water partition coefficient (Wildman–Crippen LogP) is 1.08. The maximum absolute atomic E-state index is 10.0. The van der Waals surface area contributed by atoms with Gasteiger partial charge in [-0.3, -0.25) is 4.79 Å². The first kappa shape index (κ1) is 11.2. The van der Waals surface area contributed by atoms with Gasteiger partial charge in [0.1, 0.15) is 6.61 Å². The highest BCUT2D eigenvalue weighted by Crippen LogP contribution is 2.37. The van der Waals surface area contributed by atoms with E-state index < -0.39 is 0 Å². The van der Waals surface area contributed by atoms with E-state index in [2.05, 4.69) is 4.74 Å². The molecule has 5 nitrogen and oxygen atoms in total. The number of ether oxygens (including phenoxy) is 3. The Morgan fingerprint density at radius 2 is 1.80 bits per heavy atom. The molecule has 0 aromatic heterocycles. The van der Waals surface area contributed by atoms with Gasteiger partial charge in [-0.25, -0.2) is 0 Å². The van der Waals surface area contributed by atoms with Crippen LogP contribution in [-0.2, 0) is 16.1 Å². The molecule has 1 rings (SSSR count). The van der Waals surface area contributed by atoms with E-state index in [0.717, 1.165) is 0 Å².